The average Bonchev–Trinajstić information content (AvgIpc) is 3.28. The molecule has 0 unspecified atom stereocenters. The summed E-state index contributed by atoms with van der Waals surface area (Å²) in [4.78, 5) is 69.8. The predicted molar refractivity (Wildman–Crippen MR) is 245 cm³/mol. The molecule has 0 aromatic carbocycles. The topological polar surface area (TPSA) is 316 Å². The third-order valence-electron chi connectivity index (χ3n) is 8.67. The third-order valence-corrected chi connectivity index (χ3v) is 9.21. The predicted octanol–water partition coefficient (Wildman–Crippen LogP) is 0.516. The molecule has 0 heterocycles. The zero-order chi connectivity index (χ0) is 48.6. The van der Waals surface area contributed by atoms with Gasteiger partial charge in [-0.25, -0.2) is 14.4 Å². The van der Waals surface area contributed by atoms with Gasteiger partial charge in [0.25, 0.3) is 0 Å². The Bertz CT molecular complexity index is 1230. The van der Waals surface area contributed by atoms with Crippen molar-refractivity contribution < 1.29 is 91.5 Å². The van der Waals surface area contributed by atoms with Gasteiger partial charge in [-0.05, 0) is 25.7 Å². The number of halogens is 1. The molecule has 0 spiro atoms. The Balaban J connectivity index is 3.46. The summed E-state index contributed by atoms with van der Waals surface area (Å²) in [6, 6.07) is -4.09. The Morgan fingerprint density at radius 2 is 0.697 bits per heavy atom. The molecular formula is C41H76IN5O19. The number of unbranched alkanes of at least 4 members (excludes halogenated alkanes) is 4. The summed E-state index contributed by atoms with van der Waals surface area (Å²) in [5, 5.41) is 36.9. The molecule has 25 heteroatoms. The van der Waals surface area contributed by atoms with E-state index in [2.05, 4.69) is 42.3 Å². The molecule has 0 aliphatic heterocycles. The monoisotopic (exact) mass is 1070 g/mol. The van der Waals surface area contributed by atoms with Crippen LogP contribution < -0.4 is 24.8 Å². The number of carboxylic acids is 3. The van der Waals surface area contributed by atoms with Gasteiger partial charge >= 0.3 is 23.9 Å². The van der Waals surface area contributed by atoms with Crippen LogP contribution in [0.25, 0.3) is 0 Å². The van der Waals surface area contributed by atoms with Gasteiger partial charge in [-0.3, -0.25) is 17.9 Å². The lowest BCUT2D eigenvalue weighted by atomic mass is 10.1. The molecule has 8 N–H and O–H groups in total. The zero-order valence-electron chi connectivity index (χ0n) is 38.2. The molecule has 0 bridgehead atoms. The summed E-state index contributed by atoms with van der Waals surface area (Å²) in [5.41, 5.74) is 0. The van der Waals surface area contributed by atoms with E-state index >= 15 is 0 Å². The first-order valence-electron chi connectivity index (χ1n) is 22.5. The summed E-state index contributed by atoms with van der Waals surface area (Å²) < 4.78 is 57.5. The molecular weight excluding hydrogens is 993 g/mol. The number of hydrogen-bond acceptors (Lipinski definition) is 17. The molecule has 2 atom stereocenters. The smallest absolute Gasteiger partial charge is 0.326 e. The molecule has 0 rings (SSSR count). The van der Waals surface area contributed by atoms with Gasteiger partial charge in [0.05, 0.1) is 132 Å². The lowest BCUT2D eigenvalue weighted by Gasteiger charge is -2.18. The Hall–Kier alpha value is -3.09. The fourth-order valence-electron chi connectivity index (χ4n) is 5.22. The SMILES string of the molecule is O=C(O)CC[C@H](NC(=O)N[C@@H](CCC(=O)NCCCCCCCC(=O)NCCOCCOCCOCCOCCOCCOCCOCCOCCOCCOCCNI)C(=O)O)C(=O)O. The van der Waals surface area contributed by atoms with Crippen molar-refractivity contribution in [2.75, 3.05) is 152 Å². The first-order valence-corrected chi connectivity index (χ1v) is 23.5. The number of aliphatic carboxylic acids is 3. The molecule has 0 aliphatic rings. The quantitative estimate of drug-likeness (QED) is 0.0234. The summed E-state index contributed by atoms with van der Waals surface area (Å²) in [6.45, 7) is 11.2. The number of ether oxygens (including phenoxy) is 10. The van der Waals surface area contributed by atoms with E-state index in [0.29, 0.717) is 158 Å². The fourth-order valence-corrected chi connectivity index (χ4v) is 5.44. The molecule has 0 aromatic heterocycles. The molecule has 4 amide bonds. The average molecular weight is 1070 g/mol. The van der Waals surface area contributed by atoms with Gasteiger partial charge in [0.1, 0.15) is 12.1 Å². The molecule has 0 saturated heterocycles. The number of amides is 4. The zero-order valence-corrected chi connectivity index (χ0v) is 40.4. The van der Waals surface area contributed by atoms with Crippen molar-refractivity contribution in [3.05, 3.63) is 0 Å². The molecule has 0 saturated carbocycles. The highest BCUT2D eigenvalue weighted by Crippen LogP contribution is 2.06. The largest absolute Gasteiger partial charge is 0.481 e. The fraction of sp³-hybridized carbons (Fsp3) is 0.854. The number of carbonyl (C=O) groups is 6. The first kappa shape index (κ1) is 62.9. The van der Waals surface area contributed by atoms with Crippen LogP contribution in [-0.2, 0) is 71.3 Å². The van der Waals surface area contributed by atoms with Crippen LogP contribution in [0.5, 0.6) is 0 Å². The van der Waals surface area contributed by atoms with Gasteiger partial charge in [0, 0.05) is 61.8 Å². The van der Waals surface area contributed by atoms with Crippen molar-refractivity contribution in [2.45, 2.75) is 76.3 Å². The van der Waals surface area contributed by atoms with Crippen molar-refractivity contribution in [3.63, 3.8) is 0 Å². The summed E-state index contributed by atoms with van der Waals surface area (Å²) in [6.07, 6.45) is 3.01. The van der Waals surface area contributed by atoms with Crippen LogP contribution in [0.1, 0.15) is 64.2 Å². The minimum Gasteiger partial charge on any atom is -0.481 e. The van der Waals surface area contributed by atoms with E-state index in [1.807, 2.05) is 5.32 Å². The standard InChI is InChI=1S/C41H76IN5O19/c42-45-13-15-58-17-19-60-21-23-62-25-27-64-29-31-66-33-32-65-30-28-63-26-24-61-22-20-59-18-16-57-14-12-44-36(48)6-4-2-1-3-5-11-43-37(49)9-7-34(39(52)53)46-41(56)47-35(40(54)55)8-10-38(50)51/h34-35,45H,1-33H2,(H,43,49)(H,44,48)(H,50,51)(H,52,53)(H,54,55)(H2,46,47,56)/t34-,35-/m0/s1. The molecule has 0 aliphatic carbocycles. The summed E-state index contributed by atoms with van der Waals surface area (Å²) in [5.74, 6) is -4.59. The molecule has 24 nitrogen and oxygen atoms in total. The highest BCUT2D eigenvalue weighted by Gasteiger charge is 2.25. The lowest BCUT2D eigenvalue weighted by Crippen LogP contribution is -2.51. The minimum atomic E-state index is -1.52. The summed E-state index contributed by atoms with van der Waals surface area (Å²) in [7, 11) is 0. The van der Waals surface area contributed by atoms with Crippen molar-refractivity contribution in [3.8, 4) is 0 Å². The maximum Gasteiger partial charge on any atom is 0.326 e. The van der Waals surface area contributed by atoms with E-state index in [1.54, 1.807) is 0 Å². The lowest BCUT2D eigenvalue weighted by molar-refractivity contribution is -0.141. The Labute approximate surface area is 401 Å². The number of carboxylic acid groups (broad SMARTS) is 3. The minimum absolute atomic E-state index is 0.0558. The van der Waals surface area contributed by atoms with Crippen molar-refractivity contribution >= 4 is 58.6 Å². The van der Waals surface area contributed by atoms with Crippen LogP contribution in [0.3, 0.4) is 0 Å². The van der Waals surface area contributed by atoms with Gasteiger partial charge in [-0.15, -0.1) is 0 Å². The van der Waals surface area contributed by atoms with Gasteiger partial charge in [0.2, 0.25) is 11.8 Å². The van der Waals surface area contributed by atoms with Crippen LogP contribution in [-0.4, -0.2) is 215 Å². The van der Waals surface area contributed by atoms with E-state index in [9.17, 15) is 33.9 Å². The summed E-state index contributed by atoms with van der Waals surface area (Å²) >= 11 is 2.08. The number of carbonyl (C=O) groups excluding carboxylic acids is 3. The van der Waals surface area contributed by atoms with E-state index in [1.165, 1.54) is 0 Å². The number of hydrogen-bond donors (Lipinski definition) is 8. The number of rotatable bonds is 51. The van der Waals surface area contributed by atoms with Crippen LogP contribution in [0.15, 0.2) is 0 Å². The second-order valence-corrected chi connectivity index (χ2v) is 14.9. The normalized spacial score (nSPS) is 12.1. The maximum atomic E-state index is 12.2. The van der Waals surface area contributed by atoms with Crippen LogP contribution >= 0.6 is 22.9 Å². The van der Waals surface area contributed by atoms with Crippen molar-refractivity contribution in [1.29, 1.82) is 0 Å². The second kappa shape index (κ2) is 48.4. The van der Waals surface area contributed by atoms with E-state index in [-0.39, 0.29) is 25.2 Å². The maximum absolute atomic E-state index is 12.2. The van der Waals surface area contributed by atoms with Gasteiger partial charge < -0.3 is 84.0 Å². The Kier molecular flexibility index (Phi) is 46.1. The first-order chi connectivity index (χ1) is 32.1. The highest BCUT2D eigenvalue weighted by atomic mass is 127. The Morgan fingerprint density at radius 1 is 0.379 bits per heavy atom. The molecule has 0 radical (unpaired) electrons. The molecule has 0 aromatic rings. The van der Waals surface area contributed by atoms with E-state index in [4.69, 9.17) is 57.6 Å². The van der Waals surface area contributed by atoms with Gasteiger partial charge in [-0.1, -0.05) is 19.3 Å². The van der Waals surface area contributed by atoms with E-state index in [0.717, 1.165) is 32.2 Å². The van der Waals surface area contributed by atoms with Gasteiger partial charge in [0.15, 0.2) is 0 Å². The van der Waals surface area contributed by atoms with Crippen LogP contribution in [0.2, 0.25) is 0 Å². The highest BCUT2D eigenvalue weighted by molar-refractivity contribution is 14.1. The van der Waals surface area contributed by atoms with Gasteiger partial charge in [-0.2, -0.15) is 0 Å². The third kappa shape index (κ3) is 46.0. The Morgan fingerprint density at radius 3 is 1.08 bits per heavy atom. The number of urea groups is 1. The van der Waals surface area contributed by atoms with Crippen LogP contribution in [0.4, 0.5) is 4.79 Å². The molecule has 386 valence electrons. The van der Waals surface area contributed by atoms with Crippen LogP contribution in [0, 0.1) is 0 Å². The molecule has 0 fully saturated rings. The van der Waals surface area contributed by atoms with E-state index < -0.39 is 48.4 Å². The van der Waals surface area contributed by atoms with Crippen molar-refractivity contribution in [1.82, 2.24) is 24.8 Å². The molecule has 66 heavy (non-hydrogen) atoms. The van der Waals surface area contributed by atoms with Crippen molar-refractivity contribution in [2.24, 2.45) is 0 Å². The second-order valence-electron chi connectivity index (χ2n) is 14.1. The number of nitrogens with one attached hydrogen (secondary N) is 5.